The Morgan fingerprint density at radius 1 is 1.43 bits per heavy atom. The van der Waals surface area contributed by atoms with Gasteiger partial charge in [-0.1, -0.05) is 43.7 Å². The van der Waals surface area contributed by atoms with Gasteiger partial charge in [-0.05, 0) is 29.5 Å². The Kier molecular flexibility index (Phi) is 2.93. The molecule has 0 radical (unpaired) electrons. The molecule has 0 heterocycles. The molecule has 1 aromatic rings. The lowest BCUT2D eigenvalue weighted by molar-refractivity contribution is 0.769. The van der Waals surface area contributed by atoms with Crippen LogP contribution in [0.1, 0.15) is 41.8 Å². The van der Waals surface area contributed by atoms with E-state index < -0.39 is 0 Å². The highest BCUT2D eigenvalue weighted by Crippen LogP contribution is 2.33. The zero-order chi connectivity index (χ0) is 9.97. The van der Waals surface area contributed by atoms with Crippen LogP contribution in [0.15, 0.2) is 24.3 Å². The van der Waals surface area contributed by atoms with Gasteiger partial charge in [0.15, 0.2) is 0 Å². The van der Waals surface area contributed by atoms with Crippen LogP contribution < -0.4 is 0 Å². The maximum atomic E-state index is 6.36. The molecule has 0 saturated heterocycles. The first-order valence-corrected chi connectivity index (χ1v) is 5.69. The summed E-state index contributed by atoms with van der Waals surface area (Å²) in [4.78, 5) is 0. The standard InChI is InChI=1S/C13H15Cl/c1-2-5-13(14)12-9-4-7-10-6-3-8-11(10)12/h3-4,7-9,13H,2,5-6H2,1H3. The predicted molar refractivity (Wildman–Crippen MR) is 62.7 cm³/mol. The molecular weight excluding hydrogens is 192 g/mol. The van der Waals surface area contributed by atoms with E-state index in [1.807, 2.05) is 0 Å². The first-order chi connectivity index (χ1) is 6.83. The molecule has 1 atom stereocenters. The van der Waals surface area contributed by atoms with E-state index >= 15 is 0 Å². The maximum absolute atomic E-state index is 6.36. The van der Waals surface area contributed by atoms with E-state index in [0.717, 1.165) is 19.3 Å². The Hall–Kier alpha value is -0.750. The molecule has 0 aliphatic heterocycles. The zero-order valence-electron chi connectivity index (χ0n) is 8.46. The molecule has 0 aromatic heterocycles. The van der Waals surface area contributed by atoms with E-state index in [1.165, 1.54) is 16.7 Å². The fourth-order valence-corrected chi connectivity index (χ4v) is 2.41. The Morgan fingerprint density at radius 3 is 3.07 bits per heavy atom. The fraction of sp³-hybridized carbons (Fsp3) is 0.385. The van der Waals surface area contributed by atoms with Crippen LogP contribution in [0, 0.1) is 0 Å². The molecular formula is C13H15Cl. The van der Waals surface area contributed by atoms with Gasteiger partial charge in [-0.25, -0.2) is 0 Å². The third-order valence-electron chi connectivity index (χ3n) is 2.73. The van der Waals surface area contributed by atoms with Gasteiger partial charge in [-0.15, -0.1) is 11.6 Å². The van der Waals surface area contributed by atoms with Crippen LogP contribution in [0.3, 0.4) is 0 Å². The second-order valence-corrected chi connectivity index (χ2v) is 4.31. The number of alkyl halides is 1. The molecule has 0 nitrogen and oxygen atoms in total. The van der Waals surface area contributed by atoms with Crippen molar-refractivity contribution in [2.24, 2.45) is 0 Å². The van der Waals surface area contributed by atoms with Gasteiger partial charge in [-0.3, -0.25) is 0 Å². The first kappa shape index (κ1) is 9.79. The second-order valence-electron chi connectivity index (χ2n) is 3.78. The number of halogens is 1. The zero-order valence-corrected chi connectivity index (χ0v) is 9.22. The smallest absolute Gasteiger partial charge is 0.0591 e. The Bertz CT molecular complexity index is 352. The van der Waals surface area contributed by atoms with Crippen molar-refractivity contribution in [3.05, 3.63) is 41.0 Å². The van der Waals surface area contributed by atoms with Crippen molar-refractivity contribution >= 4 is 17.7 Å². The lowest BCUT2D eigenvalue weighted by atomic mass is 9.99. The quantitative estimate of drug-likeness (QED) is 0.646. The second kappa shape index (κ2) is 4.18. The Balaban J connectivity index is 2.34. The molecule has 14 heavy (non-hydrogen) atoms. The highest BCUT2D eigenvalue weighted by Gasteiger charge is 2.14. The lowest BCUT2D eigenvalue weighted by Crippen LogP contribution is -1.95. The maximum Gasteiger partial charge on any atom is 0.0591 e. The Morgan fingerprint density at radius 2 is 2.29 bits per heavy atom. The van der Waals surface area contributed by atoms with E-state index in [0.29, 0.717) is 0 Å². The van der Waals surface area contributed by atoms with Gasteiger partial charge >= 0.3 is 0 Å². The van der Waals surface area contributed by atoms with Crippen LogP contribution in [-0.2, 0) is 6.42 Å². The SMILES string of the molecule is CCCC(Cl)c1cccc2c1C=CC2. The van der Waals surface area contributed by atoms with Crippen molar-refractivity contribution in [1.82, 2.24) is 0 Å². The van der Waals surface area contributed by atoms with E-state index in [2.05, 4.69) is 37.3 Å². The molecule has 0 bridgehead atoms. The summed E-state index contributed by atoms with van der Waals surface area (Å²) in [5.74, 6) is 0. The summed E-state index contributed by atoms with van der Waals surface area (Å²) in [6, 6.07) is 6.46. The van der Waals surface area contributed by atoms with E-state index in [4.69, 9.17) is 11.6 Å². The van der Waals surface area contributed by atoms with E-state index in [9.17, 15) is 0 Å². The molecule has 0 fully saturated rings. The predicted octanol–water partition coefficient (Wildman–Crippen LogP) is 4.34. The summed E-state index contributed by atoms with van der Waals surface area (Å²) in [5.41, 5.74) is 4.09. The molecule has 1 aliphatic rings. The van der Waals surface area contributed by atoms with Gasteiger partial charge in [0.1, 0.15) is 0 Å². The van der Waals surface area contributed by atoms with Gasteiger partial charge in [0.25, 0.3) is 0 Å². The third-order valence-corrected chi connectivity index (χ3v) is 3.19. The van der Waals surface area contributed by atoms with Crippen LogP contribution in [-0.4, -0.2) is 0 Å². The van der Waals surface area contributed by atoms with Crippen molar-refractivity contribution in [2.75, 3.05) is 0 Å². The van der Waals surface area contributed by atoms with Crippen molar-refractivity contribution in [3.63, 3.8) is 0 Å². The van der Waals surface area contributed by atoms with Crippen LogP contribution in [0.4, 0.5) is 0 Å². The number of benzene rings is 1. The number of hydrogen-bond acceptors (Lipinski definition) is 0. The molecule has 1 aliphatic carbocycles. The monoisotopic (exact) mass is 206 g/mol. The van der Waals surface area contributed by atoms with Gasteiger partial charge in [0.2, 0.25) is 0 Å². The fourth-order valence-electron chi connectivity index (χ4n) is 2.00. The summed E-state index contributed by atoms with van der Waals surface area (Å²) in [7, 11) is 0. The number of allylic oxidation sites excluding steroid dienone is 1. The molecule has 2 rings (SSSR count). The van der Waals surface area contributed by atoms with Crippen LogP contribution in [0.25, 0.3) is 6.08 Å². The molecule has 0 N–H and O–H groups in total. The van der Waals surface area contributed by atoms with Gasteiger partial charge in [-0.2, -0.15) is 0 Å². The van der Waals surface area contributed by atoms with Crippen LogP contribution in [0.5, 0.6) is 0 Å². The lowest BCUT2D eigenvalue weighted by Gasteiger charge is -2.12. The van der Waals surface area contributed by atoms with E-state index in [1.54, 1.807) is 0 Å². The average Bonchev–Trinajstić information content (AvgIpc) is 2.65. The molecule has 1 heteroatoms. The van der Waals surface area contributed by atoms with Gasteiger partial charge < -0.3 is 0 Å². The summed E-state index contributed by atoms with van der Waals surface area (Å²) in [6.45, 7) is 2.17. The minimum absolute atomic E-state index is 0.178. The summed E-state index contributed by atoms with van der Waals surface area (Å²) < 4.78 is 0. The molecule has 1 unspecified atom stereocenters. The number of fused-ring (bicyclic) bond motifs is 1. The largest absolute Gasteiger partial charge is 0.118 e. The summed E-state index contributed by atoms with van der Waals surface area (Å²) >= 11 is 6.36. The van der Waals surface area contributed by atoms with Gasteiger partial charge in [0.05, 0.1) is 5.38 Å². The highest BCUT2D eigenvalue weighted by atomic mass is 35.5. The number of hydrogen-bond donors (Lipinski definition) is 0. The highest BCUT2D eigenvalue weighted by molar-refractivity contribution is 6.21. The molecule has 0 saturated carbocycles. The van der Waals surface area contributed by atoms with Crippen LogP contribution >= 0.6 is 11.6 Å². The molecule has 0 amide bonds. The van der Waals surface area contributed by atoms with Crippen molar-refractivity contribution in [3.8, 4) is 0 Å². The normalized spacial score (nSPS) is 15.6. The minimum Gasteiger partial charge on any atom is -0.118 e. The topological polar surface area (TPSA) is 0 Å². The molecule has 74 valence electrons. The summed E-state index contributed by atoms with van der Waals surface area (Å²) in [6.07, 6.45) is 7.69. The van der Waals surface area contributed by atoms with Crippen molar-refractivity contribution in [2.45, 2.75) is 31.6 Å². The Labute approximate surface area is 90.6 Å². The molecule has 0 spiro atoms. The average molecular weight is 207 g/mol. The van der Waals surface area contributed by atoms with Gasteiger partial charge in [0, 0.05) is 0 Å². The van der Waals surface area contributed by atoms with E-state index in [-0.39, 0.29) is 5.38 Å². The first-order valence-electron chi connectivity index (χ1n) is 5.25. The van der Waals surface area contributed by atoms with Crippen molar-refractivity contribution < 1.29 is 0 Å². The summed E-state index contributed by atoms with van der Waals surface area (Å²) in [5, 5.41) is 0.178. The van der Waals surface area contributed by atoms with Crippen molar-refractivity contribution in [1.29, 1.82) is 0 Å². The molecule has 1 aromatic carbocycles. The number of rotatable bonds is 3. The van der Waals surface area contributed by atoms with Crippen LogP contribution in [0.2, 0.25) is 0 Å². The third kappa shape index (κ3) is 1.72. The minimum atomic E-state index is 0.178.